The van der Waals surface area contributed by atoms with Gasteiger partial charge in [-0.25, -0.2) is 8.42 Å². The van der Waals surface area contributed by atoms with E-state index in [9.17, 15) is 8.42 Å². The zero-order chi connectivity index (χ0) is 15.5. The molecule has 0 bridgehead atoms. The Bertz CT molecular complexity index is 587. The van der Waals surface area contributed by atoms with Crippen molar-refractivity contribution in [3.05, 3.63) is 29.8 Å². The summed E-state index contributed by atoms with van der Waals surface area (Å²) in [6.45, 7) is 4.83. The average Bonchev–Trinajstić information content (AvgIpc) is 2.92. The van der Waals surface area contributed by atoms with E-state index in [1.165, 1.54) is 4.31 Å². The average molecular weight is 313 g/mol. The summed E-state index contributed by atoms with van der Waals surface area (Å²) in [6.07, 6.45) is 0.647. The van der Waals surface area contributed by atoms with Gasteiger partial charge in [0.1, 0.15) is 18.0 Å². The predicted molar refractivity (Wildman–Crippen MR) is 82.1 cm³/mol. The van der Waals surface area contributed by atoms with Crippen molar-refractivity contribution in [2.75, 3.05) is 32.6 Å². The number of hydrogen-bond acceptors (Lipinski definition) is 4. The van der Waals surface area contributed by atoms with Crippen molar-refractivity contribution >= 4 is 10.0 Å². The minimum absolute atomic E-state index is 0.117. The highest BCUT2D eigenvalue weighted by Gasteiger charge is 2.43. The fourth-order valence-electron chi connectivity index (χ4n) is 2.50. The minimum atomic E-state index is -3.17. The number of hydrogen-bond donors (Lipinski definition) is 0. The monoisotopic (exact) mass is 313 g/mol. The molecular formula is C15H23NO4S. The summed E-state index contributed by atoms with van der Waals surface area (Å²) >= 11 is 0. The van der Waals surface area contributed by atoms with E-state index in [1.54, 1.807) is 14.0 Å². The number of benzene rings is 1. The summed E-state index contributed by atoms with van der Waals surface area (Å²) in [5.41, 5.74) is 0.490. The van der Waals surface area contributed by atoms with Crippen LogP contribution in [0, 0.1) is 6.92 Å². The van der Waals surface area contributed by atoms with Crippen LogP contribution in [-0.4, -0.2) is 50.9 Å². The smallest absolute Gasteiger partial charge is 0.213 e. The van der Waals surface area contributed by atoms with E-state index in [1.807, 2.05) is 31.2 Å². The van der Waals surface area contributed by atoms with Gasteiger partial charge >= 0.3 is 0 Å². The maximum absolute atomic E-state index is 12.0. The third-order valence-electron chi connectivity index (χ3n) is 4.06. The van der Waals surface area contributed by atoms with Gasteiger partial charge in [0.25, 0.3) is 0 Å². The molecule has 118 valence electrons. The summed E-state index contributed by atoms with van der Waals surface area (Å²) in [7, 11) is -1.56. The predicted octanol–water partition coefficient (Wildman–Crippen LogP) is 1.81. The van der Waals surface area contributed by atoms with Gasteiger partial charge in [-0.15, -0.1) is 0 Å². The van der Waals surface area contributed by atoms with Crippen LogP contribution in [0.25, 0.3) is 0 Å². The first-order chi connectivity index (χ1) is 9.92. The van der Waals surface area contributed by atoms with Crippen molar-refractivity contribution in [2.45, 2.75) is 25.9 Å². The van der Waals surface area contributed by atoms with Crippen LogP contribution in [0.5, 0.6) is 5.75 Å². The third kappa shape index (κ3) is 3.56. The Morgan fingerprint density at radius 3 is 2.67 bits per heavy atom. The Morgan fingerprint density at radius 1 is 1.33 bits per heavy atom. The maximum Gasteiger partial charge on any atom is 0.213 e. The van der Waals surface area contributed by atoms with E-state index in [4.69, 9.17) is 9.47 Å². The van der Waals surface area contributed by atoms with E-state index in [2.05, 4.69) is 0 Å². The molecule has 1 fully saturated rings. The molecule has 0 aromatic heterocycles. The topological polar surface area (TPSA) is 55.8 Å². The van der Waals surface area contributed by atoms with Gasteiger partial charge in [0.15, 0.2) is 0 Å². The molecule has 1 heterocycles. The van der Waals surface area contributed by atoms with Crippen LogP contribution >= 0.6 is 0 Å². The number of aryl methyl sites for hydroxylation is 1. The van der Waals surface area contributed by atoms with Gasteiger partial charge in [0.05, 0.1) is 5.75 Å². The van der Waals surface area contributed by atoms with Gasteiger partial charge in [-0.1, -0.05) is 18.2 Å². The highest BCUT2D eigenvalue weighted by Crippen LogP contribution is 2.29. The normalized spacial score (nSPS) is 23.4. The van der Waals surface area contributed by atoms with Crippen LogP contribution < -0.4 is 4.74 Å². The van der Waals surface area contributed by atoms with Gasteiger partial charge in [0, 0.05) is 20.2 Å². The summed E-state index contributed by atoms with van der Waals surface area (Å²) in [5, 5.41) is 0. The van der Waals surface area contributed by atoms with Gasteiger partial charge in [0.2, 0.25) is 10.0 Å². The molecule has 1 aliphatic heterocycles. The maximum atomic E-state index is 12.0. The molecule has 1 atom stereocenters. The molecule has 1 aromatic carbocycles. The lowest BCUT2D eigenvalue weighted by molar-refractivity contribution is -0.0318. The van der Waals surface area contributed by atoms with Gasteiger partial charge in [-0.2, -0.15) is 4.31 Å². The van der Waals surface area contributed by atoms with Crippen LogP contribution in [0.15, 0.2) is 24.3 Å². The van der Waals surface area contributed by atoms with E-state index in [0.29, 0.717) is 26.1 Å². The SMILES string of the molecule is CCS(=O)(=O)N1CCC(COc2ccccc2C)(OC)C1. The Labute approximate surface area is 126 Å². The molecule has 21 heavy (non-hydrogen) atoms. The van der Waals surface area contributed by atoms with Crippen LogP contribution in [0.4, 0.5) is 0 Å². The molecule has 6 heteroatoms. The second kappa shape index (κ2) is 6.34. The number of nitrogens with zero attached hydrogens (tertiary/aromatic N) is 1. The van der Waals surface area contributed by atoms with Crippen LogP contribution in [0.1, 0.15) is 18.9 Å². The van der Waals surface area contributed by atoms with E-state index in [-0.39, 0.29) is 5.75 Å². The Kier molecular flexibility index (Phi) is 4.91. The lowest BCUT2D eigenvalue weighted by atomic mass is 10.0. The molecule has 0 amide bonds. The summed E-state index contributed by atoms with van der Waals surface area (Å²) in [6, 6.07) is 7.77. The summed E-state index contributed by atoms with van der Waals surface area (Å²) in [5.74, 6) is 0.927. The van der Waals surface area contributed by atoms with Gasteiger partial charge < -0.3 is 9.47 Å². The molecule has 0 radical (unpaired) electrons. The molecule has 0 spiro atoms. The van der Waals surface area contributed by atoms with Crippen molar-refractivity contribution in [1.82, 2.24) is 4.31 Å². The van der Waals surface area contributed by atoms with E-state index in [0.717, 1.165) is 11.3 Å². The number of ether oxygens (including phenoxy) is 2. The van der Waals surface area contributed by atoms with E-state index < -0.39 is 15.6 Å². The highest BCUT2D eigenvalue weighted by atomic mass is 32.2. The molecule has 2 rings (SSSR count). The van der Waals surface area contributed by atoms with Crippen molar-refractivity contribution < 1.29 is 17.9 Å². The van der Waals surface area contributed by atoms with Crippen LogP contribution in [-0.2, 0) is 14.8 Å². The Balaban J connectivity index is 2.06. The Morgan fingerprint density at radius 2 is 2.05 bits per heavy atom. The number of methoxy groups -OCH3 is 1. The van der Waals surface area contributed by atoms with Crippen molar-refractivity contribution in [3.63, 3.8) is 0 Å². The minimum Gasteiger partial charge on any atom is -0.490 e. The highest BCUT2D eigenvalue weighted by molar-refractivity contribution is 7.89. The molecule has 1 saturated heterocycles. The Hall–Kier alpha value is -1.11. The first kappa shape index (κ1) is 16.3. The fourth-order valence-corrected chi connectivity index (χ4v) is 3.67. The largest absolute Gasteiger partial charge is 0.490 e. The summed E-state index contributed by atoms with van der Waals surface area (Å²) in [4.78, 5) is 0. The molecule has 5 nitrogen and oxygen atoms in total. The first-order valence-corrected chi connectivity index (χ1v) is 8.75. The summed E-state index contributed by atoms with van der Waals surface area (Å²) < 4.78 is 36.9. The lowest BCUT2D eigenvalue weighted by Crippen LogP contribution is -2.42. The standard InChI is InChI=1S/C15H23NO4S/c1-4-21(17,18)16-10-9-15(11-16,19-3)12-20-14-8-6-5-7-13(14)2/h5-8H,4,9-12H2,1-3H3. The lowest BCUT2D eigenvalue weighted by Gasteiger charge is -2.28. The van der Waals surface area contributed by atoms with Crippen molar-refractivity contribution in [1.29, 1.82) is 0 Å². The molecule has 1 aliphatic rings. The fraction of sp³-hybridized carbons (Fsp3) is 0.600. The first-order valence-electron chi connectivity index (χ1n) is 7.14. The van der Waals surface area contributed by atoms with Crippen molar-refractivity contribution in [2.24, 2.45) is 0 Å². The van der Waals surface area contributed by atoms with Gasteiger partial charge in [-0.3, -0.25) is 0 Å². The van der Waals surface area contributed by atoms with E-state index >= 15 is 0 Å². The number of para-hydroxylation sites is 1. The molecule has 0 aliphatic carbocycles. The number of sulfonamides is 1. The second-order valence-corrected chi connectivity index (χ2v) is 7.68. The van der Waals surface area contributed by atoms with Crippen LogP contribution in [0.3, 0.4) is 0 Å². The zero-order valence-electron chi connectivity index (χ0n) is 12.8. The van der Waals surface area contributed by atoms with Crippen molar-refractivity contribution in [3.8, 4) is 5.75 Å². The van der Waals surface area contributed by atoms with Gasteiger partial charge in [-0.05, 0) is 31.9 Å². The number of rotatable bonds is 6. The molecule has 1 aromatic rings. The quantitative estimate of drug-likeness (QED) is 0.804. The molecular weight excluding hydrogens is 290 g/mol. The van der Waals surface area contributed by atoms with Crippen LogP contribution in [0.2, 0.25) is 0 Å². The molecule has 1 unspecified atom stereocenters. The third-order valence-corrected chi connectivity index (χ3v) is 5.88. The molecule has 0 N–H and O–H groups in total. The molecule has 0 saturated carbocycles. The zero-order valence-corrected chi connectivity index (χ0v) is 13.6. The second-order valence-electron chi connectivity index (χ2n) is 5.43.